The van der Waals surface area contributed by atoms with Crippen LogP contribution in [-0.4, -0.2) is 48.3 Å². The molecule has 1 aliphatic rings. The van der Waals surface area contributed by atoms with Gasteiger partial charge in [0.1, 0.15) is 0 Å². The Bertz CT molecular complexity index is 1230. The molecule has 2 aromatic heterocycles. The molecule has 0 saturated carbocycles. The summed E-state index contributed by atoms with van der Waals surface area (Å²) in [6, 6.07) is 6.26. The molecule has 1 aliphatic heterocycles. The molecule has 3 N–H and O–H groups in total. The van der Waals surface area contributed by atoms with Crippen LogP contribution in [0.5, 0.6) is 0 Å². The minimum atomic E-state index is -3.77. The van der Waals surface area contributed by atoms with Gasteiger partial charge in [0.25, 0.3) is 0 Å². The normalized spacial score (nSPS) is 15.0. The first-order valence-corrected chi connectivity index (χ1v) is 12.4. The first-order valence-electron chi connectivity index (χ1n) is 10.9. The summed E-state index contributed by atoms with van der Waals surface area (Å²) in [5.74, 6) is -0.220. The lowest BCUT2D eigenvalue weighted by molar-refractivity contribution is -0.114. The van der Waals surface area contributed by atoms with Crippen LogP contribution < -0.4 is 15.4 Å². The first kappa shape index (κ1) is 23.1. The standard InChI is InChI=1S/C22H28N6O4S/c1-3-28-22-20(14-24-28)21(27-18-8-10-32-11-9-18)16(12-23-22)13-25-33(30,31)19-6-4-17(5-7-19)26-15(2)29/h4-7,12,14,18,25H,3,8-11,13H2,1-2H3,(H,23,27)(H,26,29). The molecule has 0 bridgehead atoms. The van der Waals surface area contributed by atoms with Gasteiger partial charge in [-0.2, -0.15) is 5.10 Å². The van der Waals surface area contributed by atoms with Gasteiger partial charge in [0.2, 0.25) is 15.9 Å². The molecule has 0 spiro atoms. The molecule has 33 heavy (non-hydrogen) atoms. The molecular weight excluding hydrogens is 444 g/mol. The summed E-state index contributed by atoms with van der Waals surface area (Å²) in [6.07, 6.45) is 5.21. The summed E-state index contributed by atoms with van der Waals surface area (Å²) in [7, 11) is -3.77. The number of hydrogen-bond acceptors (Lipinski definition) is 7. The number of anilines is 2. The summed E-state index contributed by atoms with van der Waals surface area (Å²) in [4.78, 5) is 15.8. The van der Waals surface area contributed by atoms with Crippen molar-refractivity contribution in [3.05, 3.63) is 42.2 Å². The highest BCUT2D eigenvalue weighted by Crippen LogP contribution is 2.28. The van der Waals surface area contributed by atoms with Crippen molar-refractivity contribution in [2.24, 2.45) is 0 Å². The van der Waals surface area contributed by atoms with Crippen LogP contribution >= 0.6 is 0 Å². The van der Waals surface area contributed by atoms with Gasteiger partial charge in [-0.25, -0.2) is 22.8 Å². The summed E-state index contributed by atoms with van der Waals surface area (Å²) < 4.78 is 35.7. The quantitative estimate of drug-likeness (QED) is 0.460. The molecule has 3 heterocycles. The third-order valence-electron chi connectivity index (χ3n) is 5.55. The molecule has 1 amide bonds. The van der Waals surface area contributed by atoms with Crippen molar-refractivity contribution >= 4 is 38.3 Å². The molecule has 10 nitrogen and oxygen atoms in total. The third kappa shape index (κ3) is 5.32. The van der Waals surface area contributed by atoms with E-state index in [1.807, 2.05) is 11.6 Å². The zero-order valence-corrected chi connectivity index (χ0v) is 19.5. The van der Waals surface area contributed by atoms with Crippen molar-refractivity contribution in [3.63, 3.8) is 0 Å². The number of rotatable bonds is 8. The largest absolute Gasteiger partial charge is 0.381 e. The number of fused-ring (bicyclic) bond motifs is 1. The van der Waals surface area contributed by atoms with Gasteiger partial charge in [0, 0.05) is 56.7 Å². The Morgan fingerprint density at radius 3 is 2.58 bits per heavy atom. The van der Waals surface area contributed by atoms with Gasteiger partial charge in [-0.3, -0.25) is 4.79 Å². The minimum absolute atomic E-state index is 0.0710. The fraction of sp³-hybridized carbons (Fsp3) is 0.409. The number of pyridine rings is 1. The number of carbonyl (C=O) groups is 1. The Labute approximate surface area is 192 Å². The minimum Gasteiger partial charge on any atom is -0.381 e. The van der Waals surface area contributed by atoms with Gasteiger partial charge in [-0.15, -0.1) is 0 Å². The summed E-state index contributed by atoms with van der Waals surface area (Å²) in [6.45, 7) is 5.54. The highest BCUT2D eigenvalue weighted by Gasteiger charge is 2.21. The Hall–Kier alpha value is -3.02. The number of nitrogens with zero attached hydrogens (tertiary/aromatic N) is 3. The number of nitrogens with one attached hydrogen (secondary N) is 3. The van der Waals surface area contributed by atoms with Crippen LogP contribution in [0.15, 0.2) is 41.6 Å². The lowest BCUT2D eigenvalue weighted by Crippen LogP contribution is -2.29. The molecule has 176 valence electrons. The Balaban J connectivity index is 1.58. The number of benzene rings is 1. The second-order valence-corrected chi connectivity index (χ2v) is 9.68. The maximum Gasteiger partial charge on any atom is 0.240 e. The number of aryl methyl sites for hydroxylation is 1. The fourth-order valence-corrected chi connectivity index (χ4v) is 4.83. The van der Waals surface area contributed by atoms with Gasteiger partial charge < -0.3 is 15.4 Å². The van der Waals surface area contributed by atoms with Crippen LogP contribution in [0.25, 0.3) is 11.0 Å². The average molecular weight is 473 g/mol. The Morgan fingerprint density at radius 2 is 1.91 bits per heavy atom. The van der Waals surface area contributed by atoms with Gasteiger partial charge >= 0.3 is 0 Å². The van der Waals surface area contributed by atoms with Crippen LogP contribution in [-0.2, 0) is 32.6 Å². The summed E-state index contributed by atoms with van der Waals surface area (Å²) >= 11 is 0. The maximum atomic E-state index is 12.9. The molecule has 4 rings (SSSR count). The van der Waals surface area contributed by atoms with E-state index in [4.69, 9.17) is 4.74 Å². The number of amides is 1. The van der Waals surface area contributed by atoms with Crippen molar-refractivity contribution in [3.8, 4) is 0 Å². The van der Waals surface area contributed by atoms with Crippen LogP contribution in [0.4, 0.5) is 11.4 Å². The van der Waals surface area contributed by atoms with Crippen LogP contribution in [0.3, 0.4) is 0 Å². The van der Waals surface area contributed by atoms with E-state index in [0.29, 0.717) is 25.4 Å². The molecule has 0 radical (unpaired) electrons. The highest BCUT2D eigenvalue weighted by atomic mass is 32.2. The predicted molar refractivity (Wildman–Crippen MR) is 125 cm³/mol. The van der Waals surface area contributed by atoms with E-state index in [2.05, 4.69) is 25.4 Å². The van der Waals surface area contributed by atoms with Crippen molar-refractivity contribution in [1.82, 2.24) is 19.5 Å². The zero-order chi connectivity index (χ0) is 23.4. The molecule has 1 fully saturated rings. The number of aromatic nitrogens is 3. The predicted octanol–water partition coefficient (Wildman–Crippen LogP) is 2.48. The average Bonchev–Trinajstić information content (AvgIpc) is 3.23. The number of ether oxygens (including phenoxy) is 1. The second-order valence-electron chi connectivity index (χ2n) is 7.92. The molecule has 1 aromatic carbocycles. The van der Waals surface area contributed by atoms with E-state index < -0.39 is 10.0 Å². The van der Waals surface area contributed by atoms with Gasteiger partial charge in [0.05, 0.1) is 22.2 Å². The van der Waals surface area contributed by atoms with Crippen molar-refractivity contribution in [2.75, 3.05) is 23.8 Å². The Kier molecular flexibility index (Phi) is 6.91. The first-order chi connectivity index (χ1) is 15.9. The van der Waals surface area contributed by atoms with E-state index in [9.17, 15) is 13.2 Å². The van der Waals surface area contributed by atoms with Gasteiger partial charge in [-0.1, -0.05) is 0 Å². The number of hydrogen-bond donors (Lipinski definition) is 3. The smallest absolute Gasteiger partial charge is 0.240 e. The molecule has 11 heteroatoms. The topological polar surface area (TPSA) is 127 Å². The molecule has 0 unspecified atom stereocenters. The monoisotopic (exact) mass is 472 g/mol. The van der Waals surface area contributed by atoms with Crippen molar-refractivity contribution in [2.45, 2.75) is 50.7 Å². The van der Waals surface area contributed by atoms with E-state index in [-0.39, 0.29) is 23.4 Å². The lowest BCUT2D eigenvalue weighted by atomic mass is 10.1. The summed E-state index contributed by atoms with van der Waals surface area (Å²) in [5.41, 5.74) is 2.87. The highest BCUT2D eigenvalue weighted by molar-refractivity contribution is 7.89. The third-order valence-corrected chi connectivity index (χ3v) is 6.97. The van der Waals surface area contributed by atoms with Crippen LogP contribution in [0, 0.1) is 0 Å². The molecular formula is C22H28N6O4S. The van der Waals surface area contributed by atoms with E-state index in [1.165, 1.54) is 19.1 Å². The lowest BCUT2D eigenvalue weighted by Gasteiger charge is -2.25. The maximum absolute atomic E-state index is 12.9. The fourth-order valence-electron chi connectivity index (χ4n) is 3.83. The number of carbonyl (C=O) groups excluding carboxylic acids is 1. The van der Waals surface area contributed by atoms with Crippen molar-refractivity contribution in [1.29, 1.82) is 0 Å². The Morgan fingerprint density at radius 1 is 1.18 bits per heavy atom. The van der Waals surface area contributed by atoms with E-state index >= 15 is 0 Å². The van der Waals surface area contributed by atoms with Gasteiger partial charge in [-0.05, 0) is 44.0 Å². The molecule has 3 aromatic rings. The van der Waals surface area contributed by atoms with Crippen molar-refractivity contribution < 1.29 is 17.9 Å². The zero-order valence-electron chi connectivity index (χ0n) is 18.7. The number of sulfonamides is 1. The molecule has 0 aliphatic carbocycles. The molecule has 0 atom stereocenters. The molecule has 1 saturated heterocycles. The van der Waals surface area contributed by atoms with Crippen LogP contribution in [0.1, 0.15) is 32.3 Å². The SMILES string of the molecule is CCn1ncc2c(NC3CCOCC3)c(CNS(=O)(=O)c3ccc(NC(C)=O)cc3)cnc21. The second kappa shape index (κ2) is 9.86. The van der Waals surface area contributed by atoms with Crippen LogP contribution in [0.2, 0.25) is 0 Å². The summed E-state index contributed by atoms with van der Waals surface area (Å²) in [5, 5.41) is 11.5. The van der Waals surface area contributed by atoms with Gasteiger partial charge in [0.15, 0.2) is 5.65 Å². The van der Waals surface area contributed by atoms with E-state index in [1.54, 1.807) is 24.5 Å². The van der Waals surface area contributed by atoms with E-state index in [0.717, 1.165) is 35.1 Å².